The van der Waals surface area contributed by atoms with Gasteiger partial charge >= 0.3 is 5.97 Å². The van der Waals surface area contributed by atoms with Crippen molar-refractivity contribution >= 4 is 39.3 Å². The summed E-state index contributed by atoms with van der Waals surface area (Å²) in [6, 6.07) is 11.7. The summed E-state index contributed by atoms with van der Waals surface area (Å²) in [5.74, 6) is -0.0377. The van der Waals surface area contributed by atoms with Gasteiger partial charge in [-0.15, -0.1) is 0 Å². The highest BCUT2D eigenvalue weighted by atomic mass is 16.5. The average Bonchev–Trinajstić information content (AvgIpc) is 3.05. The second-order valence-electron chi connectivity index (χ2n) is 8.05. The van der Waals surface area contributed by atoms with E-state index in [1.165, 1.54) is 0 Å². The van der Waals surface area contributed by atoms with Crippen molar-refractivity contribution in [2.75, 3.05) is 6.61 Å². The van der Waals surface area contributed by atoms with Crippen molar-refractivity contribution in [3.8, 4) is 0 Å². The van der Waals surface area contributed by atoms with Gasteiger partial charge < -0.3 is 9.30 Å². The Morgan fingerprint density at radius 3 is 1.81 bits per heavy atom. The van der Waals surface area contributed by atoms with Crippen LogP contribution < -0.4 is 0 Å². The molecule has 3 rings (SSSR count). The standard InChI is InChI=1S/C26H31NO4/c1-4-31-26(30)10-8-6-5-7-9-15-27-24-13-11-20(18(2)28)16-22(24)23-17-21(19(3)29)12-14-25(23)27/h11-14,16-17H,4-10,15H2,1-3H3. The maximum atomic E-state index is 11.9. The number of aryl methyl sites for hydroxylation is 1. The lowest BCUT2D eigenvalue weighted by Gasteiger charge is -2.08. The van der Waals surface area contributed by atoms with Crippen molar-refractivity contribution in [3.63, 3.8) is 0 Å². The van der Waals surface area contributed by atoms with E-state index in [0.29, 0.717) is 24.2 Å². The zero-order valence-corrected chi connectivity index (χ0v) is 18.7. The molecule has 0 saturated carbocycles. The minimum Gasteiger partial charge on any atom is -0.466 e. The Hall–Kier alpha value is -2.95. The number of benzene rings is 2. The summed E-state index contributed by atoms with van der Waals surface area (Å²) in [5.41, 5.74) is 3.54. The van der Waals surface area contributed by atoms with Crippen LogP contribution in [0, 0.1) is 0 Å². The number of hydrogen-bond donors (Lipinski definition) is 0. The van der Waals surface area contributed by atoms with Crippen molar-refractivity contribution in [2.24, 2.45) is 0 Å². The maximum Gasteiger partial charge on any atom is 0.305 e. The fraction of sp³-hybridized carbons (Fsp3) is 0.423. The molecule has 0 aliphatic rings. The van der Waals surface area contributed by atoms with Gasteiger partial charge in [0.15, 0.2) is 11.6 Å². The number of fused-ring (bicyclic) bond motifs is 3. The number of carbonyl (C=O) groups excluding carboxylic acids is 3. The van der Waals surface area contributed by atoms with E-state index in [0.717, 1.165) is 60.5 Å². The van der Waals surface area contributed by atoms with Gasteiger partial charge in [-0.2, -0.15) is 0 Å². The molecule has 0 unspecified atom stereocenters. The van der Waals surface area contributed by atoms with Crippen LogP contribution in [-0.4, -0.2) is 28.7 Å². The summed E-state index contributed by atoms with van der Waals surface area (Å²) < 4.78 is 7.25. The van der Waals surface area contributed by atoms with Gasteiger partial charge in [0, 0.05) is 45.9 Å². The Morgan fingerprint density at radius 1 is 0.774 bits per heavy atom. The zero-order valence-electron chi connectivity index (χ0n) is 18.7. The van der Waals surface area contributed by atoms with Crippen LogP contribution in [-0.2, 0) is 16.1 Å². The zero-order chi connectivity index (χ0) is 22.4. The van der Waals surface area contributed by atoms with Crippen LogP contribution in [0.5, 0.6) is 0 Å². The van der Waals surface area contributed by atoms with Gasteiger partial charge in [0.2, 0.25) is 0 Å². The van der Waals surface area contributed by atoms with Crippen LogP contribution in [0.3, 0.4) is 0 Å². The van der Waals surface area contributed by atoms with Crippen LogP contribution in [0.15, 0.2) is 36.4 Å². The van der Waals surface area contributed by atoms with E-state index in [4.69, 9.17) is 4.74 Å². The van der Waals surface area contributed by atoms with Gasteiger partial charge in [0.25, 0.3) is 0 Å². The van der Waals surface area contributed by atoms with Crippen molar-refractivity contribution in [3.05, 3.63) is 47.5 Å². The largest absolute Gasteiger partial charge is 0.466 e. The monoisotopic (exact) mass is 421 g/mol. The fourth-order valence-corrected chi connectivity index (χ4v) is 4.09. The molecule has 0 saturated heterocycles. The number of carbonyl (C=O) groups is 3. The number of Topliss-reactive ketones (excluding diaryl/α,β-unsaturated/α-hetero) is 2. The molecule has 0 aliphatic heterocycles. The predicted molar refractivity (Wildman–Crippen MR) is 124 cm³/mol. The number of ether oxygens (including phenoxy) is 1. The van der Waals surface area contributed by atoms with Crippen LogP contribution in [0.4, 0.5) is 0 Å². The molecule has 2 aromatic carbocycles. The highest BCUT2D eigenvalue weighted by Crippen LogP contribution is 2.31. The van der Waals surface area contributed by atoms with Gasteiger partial charge in [-0.1, -0.05) is 19.3 Å². The number of unbranched alkanes of at least 4 members (excludes halogenated alkanes) is 4. The first-order chi connectivity index (χ1) is 14.9. The second kappa shape index (κ2) is 10.4. The first-order valence-corrected chi connectivity index (χ1v) is 11.2. The van der Waals surface area contributed by atoms with E-state index < -0.39 is 0 Å². The Balaban J connectivity index is 1.74. The Morgan fingerprint density at radius 2 is 1.29 bits per heavy atom. The molecular weight excluding hydrogens is 390 g/mol. The van der Waals surface area contributed by atoms with E-state index >= 15 is 0 Å². The van der Waals surface area contributed by atoms with Gasteiger partial charge in [-0.25, -0.2) is 0 Å². The molecule has 0 radical (unpaired) electrons. The van der Waals surface area contributed by atoms with Crippen LogP contribution >= 0.6 is 0 Å². The highest BCUT2D eigenvalue weighted by Gasteiger charge is 2.14. The Bertz CT molecular complexity index is 1040. The predicted octanol–water partition coefficient (Wildman–Crippen LogP) is 6.10. The number of nitrogens with zero attached hydrogens (tertiary/aromatic N) is 1. The quantitative estimate of drug-likeness (QED) is 0.213. The molecule has 0 fully saturated rings. The van der Waals surface area contributed by atoms with Crippen molar-refractivity contribution in [2.45, 2.75) is 65.8 Å². The number of ketones is 2. The van der Waals surface area contributed by atoms with Gasteiger partial charge in [0.1, 0.15) is 0 Å². The lowest BCUT2D eigenvalue weighted by atomic mass is 10.0. The smallest absolute Gasteiger partial charge is 0.305 e. The van der Waals surface area contributed by atoms with Gasteiger partial charge in [0.05, 0.1) is 6.61 Å². The third-order valence-electron chi connectivity index (χ3n) is 5.75. The summed E-state index contributed by atoms with van der Waals surface area (Å²) in [6.45, 7) is 6.29. The van der Waals surface area contributed by atoms with Crippen LogP contribution in [0.25, 0.3) is 21.8 Å². The van der Waals surface area contributed by atoms with Crippen molar-refractivity contribution in [1.29, 1.82) is 0 Å². The number of aromatic nitrogens is 1. The van der Waals surface area contributed by atoms with Crippen molar-refractivity contribution in [1.82, 2.24) is 4.57 Å². The number of rotatable bonds is 11. The molecule has 31 heavy (non-hydrogen) atoms. The molecule has 1 heterocycles. The summed E-state index contributed by atoms with van der Waals surface area (Å²) in [5, 5.41) is 2.03. The molecule has 5 heteroatoms. The number of esters is 1. The third kappa shape index (κ3) is 5.40. The lowest BCUT2D eigenvalue weighted by molar-refractivity contribution is -0.143. The average molecular weight is 422 g/mol. The molecule has 0 amide bonds. The minimum atomic E-state index is -0.109. The molecule has 0 N–H and O–H groups in total. The summed E-state index contributed by atoms with van der Waals surface area (Å²) in [4.78, 5) is 35.2. The third-order valence-corrected chi connectivity index (χ3v) is 5.75. The molecule has 164 valence electrons. The maximum absolute atomic E-state index is 11.9. The molecule has 5 nitrogen and oxygen atoms in total. The highest BCUT2D eigenvalue weighted by molar-refractivity contribution is 6.12. The first-order valence-electron chi connectivity index (χ1n) is 11.2. The normalized spacial score (nSPS) is 11.2. The van der Waals surface area contributed by atoms with Crippen molar-refractivity contribution < 1.29 is 19.1 Å². The molecule has 3 aromatic rings. The molecule has 0 atom stereocenters. The fourth-order valence-electron chi connectivity index (χ4n) is 4.09. The second-order valence-corrected chi connectivity index (χ2v) is 8.05. The van der Waals surface area contributed by atoms with Gasteiger partial charge in [-0.3, -0.25) is 14.4 Å². The molecule has 1 aromatic heterocycles. The summed E-state index contributed by atoms with van der Waals surface area (Å²) in [7, 11) is 0. The molecule has 0 bridgehead atoms. The van der Waals surface area contributed by atoms with E-state index in [2.05, 4.69) is 4.57 Å². The first kappa shape index (κ1) is 22.7. The van der Waals surface area contributed by atoms with Crippen LogP contribution in [0.1, 0.15) is 80.0 Å². The van der Waals surface area contributed by atoms with E-state index in [9.17, 15) is 14.4 Å². The summed E-state index contributed by atoms with van der Waals surface area (Å²) in [6.07, 6.45) is 5.59. The summed E-state index contributed by atoms with van der Waals surface area (Å²) >= 11 is 0. The Kier molecular flexibility index (Phi) is 7.61. The SMILES string of the molecule is CCOC(=O)CCCCCCCn1c2ccc(C(C)=O)cc2c2cc(C(C)=O)ccc21. The van der Waals surface area contributed by atoms with E-state index in [1.54, 1.807) is 13.8 Å². The molecule has 0 spiro atoms. The number of hydrogen-bond acceptors (Lipinski definition) is 4. The lowest BCUT2D eigenvalue weighted by Crippen LogP contribution is -2.03. The topological polar surface area (TPSA) is 65.4 Å². The van der Waals surface area contributed by atoms with Gasteiger partial charge in [-0.05, 0) is 70.0 Å². The molecular formula is C26H31NO4. The minimum absolute atomic E-state index is 0.0355. The Labute approximate surface area is 183 Å². The molecule has 0 aliphatic carbocycles. The van der Waals surface area contributed by atoms with E-state index in [1.807, 2.05) is 43.3 Å². The van der Waals surface area contributed by atoms with E-state index in [-0.39, 0.29) is 17.5 Å². The van der Waals surface area contributed by atoms with Crippen LogP contribution in [0.2, 0.25) is 0 Å².